The van der Waals surface area contributed by atoms with Crippen molar-refractivity contribution in [1.29, 1.82) is 0 Å². The van der Waals surface area contributed by atoms with Gasteiger partial charge in [-0.15, -0.1) is 0 Å². The van der Waals surface area contributed by atoms with Crippen molar-refractivity contribution >= 4 is 17.3 Å². The van der Waals surface area contributed by atoms with Crippen molar-refractivity contribution in [3.63, 3.8) is 0 Å². The minimum absolute atomic E-state index is 0.0589. The highest BCUT2D eigenvalue weighted by molar-refractivity contribution is 5.97. The van der Waals surface area contributed by atoms with Gasteiger partial charge in [-0.1, -0.05) is 0 Å². The van der Waals surface area contributed by atoms with Crippen molar-refractivity contribution in [3.05, 3.63) is 34.1 Å². The third-order valence-corrected chi connectivity index (χ3v) is 2.83. The van der Waals surface area contributed by atoms with Crippen LogP contribution in [0.25, 0.3) is 0 Å². The van der Waals surface area contributed by atoms with E-state index in [-0.39, 0.29) is 12.1 Å². The lowest BCUT2D eigenvalue weighted by Crippen LogP contribution is -2.64. The number of halogens is 10. The van der Waals surface area contributed by atoms with Gasteiger partial charge >= 0.3 is 35.5 Å². The topological polar surface area (TPSA) is 72.2 Å². The smallest absolute Gasteiger partial charge is 0.320 e. The van der Waals surface area contributed by atoms with E-state index in [1.54, 1.807) is 0 Å². The third-order valence-electron chi connectivity index (χ3n) is 2.83. The average molecular weight is 402 g/mol. The Morgan fingerprint density at radius 2 is 1.46 bits per heavy atom. The first-order chi connectivity index (χ1) is 11.5. The quantitative estimate of drug-likeness (QED) is 0.457. The molecule has 0 aliphatic carbocycles. The molecule has 146 valence electrons. The molecule has 1 aromatic carbocycles. The number of nitrogens with one attached hydrogen (secondary N) is 1. The van der Waals surface area contributed by atoms with Gasteiger partial charge in [-0.3, -0.25) is 14.9 Å². The van der Waals surface area contributed by atoms with Crippen LogP contribution in [0.2, 0.25) is 0 Å². The Labute approximate surface area is 135 Å². The van der Waals surface area contributed by atoms with E-state index < -0.39 is 52.0 Å². The zero-order valence-corrected chi connectivity index (χ0v) is 11.7. The summed E-state index contributed by atoms with van der Waals surface area (Å²) in [4.78, 5) is 20.1. The maximum atomic E-state index is 13.3. The standard InChI is InChI=1S/C11H4F10N2O3/c12-5-2-1-4(3-6(5)23(25)26)22-7(24)8(13,14)9(15,16)10(17,18)11(19,20)21/h1-3H,(H,22,24). The molecule has 0 radical (unpaired) electrons. The number of rotatable bonds is 5. The van der Waals surface area contributed by atoms with Gasteiger partial charge in [0.25, 0.3) is 0 Å². The van der Waals surface area contributed by atoms with Crippen LogP contribution in [0, 0.1) is 15.9 Å². The number of amides is 1. The predicted molar refractivity (Wildman–Crippen MR) is 62.6 cm³/mol. The van der Waals surface area contributed by atoms with E-state index in [0.29, 0.717) is 6.07 Å². The Morgan fingerprint density at radius 3 is 1.88 bits per heavy atom. The molecule has 0 spiro atoms. The summed E-state index contributed by atoms with van der Waals surface area (Å²) < 4.78 is 127. The zero-order chi connectivity index (χ0) is 20.7. The fraction of sp³-hybridized carbons (Fsp3) is 0.364. The Hall–Kier alpha value is -2.61. The van der Waals surface area contributed by atoms with Gasteiger partial charge in [0.1, 0.15) is 0 Å². The molecule has 1 N–H and O–H groups in total. The first kappa shape index (κ1) is 21.4. The molecule has 26 heavy (non-hydrogen) atoms. The van der Waals surface area contributed by atoms with E-state index in [1.807, 2.05) is 0 Å². The molecule has 1 amide bonds. The number of nitrogens with zero attached hydrogens (tertiary/aromatic N) is 1. The number of nitro groups is 1. The summed E-state index contributed by atoms with van der Waals surface area (Å²) in [6.45, 7) is 0. The van der Waals surface area contributed by atoms with Crippen LogP contribution >= 0.6 is 0 Å². The molecule has 0 aromatic heterocycles. The number of benzene rings is 1. The first-order valence-electron chi connectivity index (χ1n) is 5.92. The number of carbonyl (C=O) groups excluding carboxylic acids is 1. The Kier molecular flexibility index (Phi) is 5.18. The molecule has 1 rings (SSSR count). The molecule has 0 aliphatic rings. The molecular weight excluding hydrogens is 398 g/mol. The lowest BCUT2D eigenvalue weighted by molar-refractivity contribution is -0.388. The fourth-order valence-electron chi connectivity index (χ4n) is 1.46. The molecule has 0 saturated heterocycles. The second kappa shape index (κ2) is 6.28. The van der Waals surface area contributed by atoms with E-state index in [9.17, 15) is 58.8 Å². The van der Waals surface area contributed by atoms with Gasteiger partial charge in [-0.25, -0.2) is 0 Å². The van der Waals surface area contributed by atoms with Gasteiger partial charge in [0, 0.05) is 11.8 Å². The molecule has 0 fully saturated rings. The van der Waals surface area contributed by atoms with Crippen LogP contribution in [0.3, 0.4) is 0 Å². The maximum absolute atomic E-state index is 13.3. The highest BCUT2D eigenvalue weighted by Crippen LogP contribution is 2.53. The molecule has 0 heterocycles. The number of nitro benzene ring substituents is 1. The van der Waals surface area contributed by atoms with Gasteiger partial charge in [-0.2, -0.15) is 43.9 Å². The Balaban J connectivity index is 3.23. The van der Waals surface area contributed by atoms with Gasteiger partial charge in [0.2, 0.25) is 5.82 Å². The van der Waals surface area contributed by atoms with Gasteiger partial charge < -0.3 is 5.32 Å². The third kappa shape index (κ3) is 3.37. The average Bonchev–Trinajstić information content (AvgIpc) is 2.47. The summed E-state index contributed by atoms with van der Waals surface area (Å²) in [7, 11) is 0. The number of carbonyl (C=O) groups is 1. The number of anilines is 1. The number of alkyl halides is 9. The summed E-state index contributed by atoms with van der Waals surface area (Å²) in [6.07, 6.45) is -7.12. The van der Waals surface area contributed by atoms with Crippen molar-refractivity contribution in [2.45, 2.75) is 23.9 Å². The van der Waals surface area contributed by atoms with Crippen LogP contribution in [-0.2, 0) is 4.79 Å². The largest absolute Gasteiger partial charge is 0.460 e. The second-order valence-corrected chi connectivity index (χ2v) is 4.60. The monoisotopic (exact) mass is 402 g/mol. The Morgan fingerprint density at radius 1 is 0.962 bits per heavy atom. The molecule has 0 saturated carbocycles. The molecule has 5 nitrogen and oxygen atoms in total. The normalized spacial score (nSPS) is 13.5. The van der Waals surface area contributed by atoms with Crippen LogP contribution in [-0.4, -0.2) is 34.8 Å². The lowest BCUT2D eigenvalue weighted by atomic mass is 10.0. The minimum atomic E-state index is -7.28. The summed E-state index contributed by atoms with van der Waals surface area (Å²) in [5, 5.41) is 11.2. The highest BCUT2D eigenvalue weighted by atomic mass is 19.4. The van der Waals surface area contributed by atoms with Crippen LogP contribution < -0.4 is 5.32 Å². The van der Waals surface area contributed by atoms with E-state index in [4.69, 9.17) is 0 Å². The molecule has 0 aliphatic heterocycles. The van der Waals surface area contributed by atoms with E-state index in [1.165, 1.54) is 0 Å². The predicted octanol–water partition coefficient (Wildman–Crippen LogP) is 4.14. The molecular formula is C11H4F10N2O3. The van der Waals surface area contributed by atoms with Crippen LogP contribution in [0.1, 0.15) is 0 Å². The maximum Gasteiger partial charge on any atom is 0.460 e. The van der Waals surface area contributed by atoms with Gasteiger partial charge in [0.05, 0.1) is 4.92 Å². The van der Waals surface area contributed by atoms with Crippen molar-refractivity contribution in [1.82, 2.24) is 0 Å². The van der Waals surface area contributed by atoms with E-state index in [2.05, 4.69) is 0 Å². The first-order valence-corrected chi connectivity index (χ1v) is 5.92. The lowest BCUT2D eigenvalue weighted by Gasteiger charge is -2.32. The molecule has 0 bridgehead atoms. The molecule has 0 unspecified atom stereocenters. The van der Waals surface area contributed by atoms with Crippen LogP contribution in [0.15, 0.2) is 18.2 Å². The minimum Gasteiger partial charge on any atom is -0.320 e. The molecule has 0 atom stereocenters. The fourth-order valence-corrected chi connectivity index (χ4v) is 1.46. The summed E-state index contributed by atoms with van der Waals surface area (Å²) >= 11 is 0. The van der Waals surface area contributed by atoms with Crippen molar-refractivity contribution in [3.8, 4) is 0 Å². The van der Waals surface area contributed by atoms with Crippen molar-refractivity contribution in [2.75, 3.05) is 5.32 Å². The summed E-state index contributed by atoms with van der Waals surface area (Å²) in [6, 6.07) is 0.633. The number of hydrogen-bond donors (Lipinski definition) is 1. The SMILES string of the molecule is O=C(Nc1ccc(F)c([N+](=O)[O-])c1)C(F)(F)C(F)(F)C(F)(F)C(F)(F)F. The second-order valence-electron chi connectivity index (χ2n) is 4.60. The van der Waals surface area contributed by atoms with Crippen LogP contribution in [0.5, 0.6) is 0 Å². The van der Waals surface area contributed by atoms with E-state index >= 15 is 0 Å². The van der Waals surface area contributed by atoms with Gasteiger partial charge in [-0.05, 0) is 12.1 Å². The van der Waals surface area contributed by atoms with E-state index in [0.717, 1.165) is 5.32 Å². The zero-order valence-electron chi connectivity index (χ0n) is 11.7. The van der Waals surface area contributed by atoms with Crippen molar-refractivity contribution < 1.29 is 53.6 Å². The number of hydrogen-bond acceptors (Lipinski definition) is 3. The summed E-state index contributed by atoms with van der Waals surface area (Å²) in [5.41, 5.74) is -2.55. The summed E-state index contributed by atoms with van der Waals surface area (Å²) in [5.74, 6) is -25.9. The molecule has 1 aromatic rings. The van der Waals surface area contributed by atoms with Crippen molar-refractivity contribution in [2.24, 2.45) is 0 Å². The van der Waals surface area contributed by atoms with Gasteiger partial charge in [0.15, 0.2) is 0 Å². The molecule has 15 heteroatoms. The highest BCUT2D eigenvalue weighted by Gasteiger charge is 2.83. The Bertz CT molecular complexity index is 731. The van der Waals surface area contributed by atoms with Crippen LogP contribution in [0.4, 0.5) is 55.3 Å².